The van der Waals surface area contributed by atoms with Gasteiger partial charge in [-0.15, -0.1) is 11.3 Å². The number of anilines is 1. The van der Waals surface area contributed by atoms with Gasteiger partial charge in [-0.3, -0.25) is 19.8 Å². The number of urea groups is 1. The fraction of sp³-hybridized carbons (Fsp3) is 0.294. The van der Waals surface area contributed by atoms with E-state index in [-0.39, 0.29) is 23.3 Å². The number of aromatic nitrogens is 1. The van der Waals surface area contributed by atoms with Gasteiger partial charge in [-0.1, -0.05) is 29.3 Å². The molecule has 29 heavy (non-hydrogen) atoms. The Kier molecular flexibility index (Phi) is 7.14. The average molecular weight is 479 g/mol. The van der Waals surface area contributed by atoms with Crippen LogP contribution >= 0.6 is 46.3 Å². The van der Waals surface area contributed by atoms with E-state index in [2.05, 4.69) is 15.6 Å². The first-order valence-corrected chi connectivity index (χ1v) is 11.7. The van der Waals surface area contributed by atoms with Crippen LogP contribution in [-0.2, 0) is 22.7 Å². The third-order valence-corrected chi connectivity index (χ3v) is 7.48. The van der Waals surface area contributed by atoms with Crippen molar-refractivity contribution in [1.82, 2.24) is 15.2 Å². The Labute approximate surface area is 184 Å². The van der Waals surface area contributed by atoms with Gasteiger partial charge in [-0.2, -0.15) is 0 Å². The summed E-state index contributed by atoms with van der Waals surface area (Å²) < 4.78 is 0. The molecule has 3 rings (SSSR count). The molecular weight excluding hydrogens is 459 g/mol. The van der Waals surface area contributed by atoms with Gasteiger partial charge < -0.3 is 10.4 Å². The number of carbonyl (C=O) groups excluding carboxylic acids is 3. The third-order valence-electron chi connectivity index (χ3n) is 4.40. The van der Waals surface area contributed by atoms with Crippen LogP contribution in [0, 0.1) is 0 Å². The molecule has 2 heterocycles. The number of nitrogens with zero attached hydrogens (tertiary/aromatic N) is 2. The molecule has 8 nitrogen and oxygen atoms in total. The predicted molar refractivity (Wildman–Crippen MR) is 119 cm³/mol. The molecule has 0 radical (unpaired) electrons. The average Bonchev–Trinajstić information content (AvgIpc) is 3.19. The summed E-state index contributed by atoms with van der Waals surface area (Å²) in [6, 6.07) is 3.86. The Morgan fingerprint density at radius 2 is 2.07 bits per heavy atom. The fourth-order valence-electron chi connectivity index (χ4n) is 2.98. The summed E-state index contributed by atoms with van der Waals surface area (Å²) >= 11 is 11.5. The van der Waals surface area contributed by atoms with Crippen molar-refractivity contribution in [1.29, 1.82) is 0 Å². The van der Waals surface area contributed by atoms with Crippen LogP contribution in [0.25, 0.3) is 0 Å². The minimum Gasteiger partial charge on any atom is -0.382 e. The molecule has 1 aromatic heterocycles. The monoisotopic (exact) mass is 478 g/mol. The van der Waals surface area contributed by atoms with E-state index < -0.39 is 29.9 Å². The molecule has 1 fully saturated rings. The molecule has 2 atom stereocenters. The van der Waals surface area contributed by atoms with E-state index in [1.165, 1.54) is 11.3 Å². The molecular formula is C17H20Cl2N4O4S2. The van der Waals surface area contributed by atoms with Gasteiger partial charge in [0, 0.05) is 18.5 Å². The molecule has 2 aromatic rings. The number of carbonyl (C=O) groups is 3. The number of aliphatic hydroxyl groups excluding tert-OH is 1. The number of likely N-dealkylation sites (N-methyl/N-ethyl adjacent to an activating group) is 1. The van der Waals surface area contributed by atoms with Gasteiger partial charge in [0.25, 0.3) is 0 Å². The van der Waals surface area contributed by atoms with Crippen LogP contribution in [0.3, 0.4) is 0 Å². The lowest BCUT2D eigenvalue weighted by molar-refractivity contribution is -0.125. The zero-order valence-corrected chi connectivity index (χ0v) is 19.1. The first kappa shape index (κ1) is 22.0. The fourth-order valence-corrected chi connectivity index (χ4v) is 5.52. The standard InChI is InChI=1S/C17H20Cl2N4O4S2/c1-23(12-13(24)15(26)29-14(12)25)6-9-7-28-17(21-9)22-16(27)20-5-8-2-3-10(18)11(19)4-8/h2-4,7,12-13,24H,5-6H2,1H3,29H4,(H2,20,21,22,27). The van der Waals surface area contributed by atoms with Gasteiger partial charge in [0.15, 0.2) is 15.4 Å². The zero-order valence-electron chi connectivity index (χ0n) is 15.3. The minimum absolute atomic E-state index is 0.166. The van der Waals surface area contributed by atoms with Crippen molar-refractivity contribution < 1.29 is 19.5 Å². The highest BCUT2D eigenvalue weighted by atomic mass is 35.5. The first-order valence-electron chi connectivity index (χ1n) is 8.61. The maximum Gasteiger partial charge on any atom is 0.321 e. The van der Waals surface area contributed by atoms with Crippen molar-refractivity contribution in [3.05, 3.63) is 44.9 Å². The predicted octanol–water partition coefficient (Wildman–Crippen LogP) is 1.66. The van der Waals surface area contributed by atoms with Crippen molar-refractivity contribution in [2.24, 2.45) is 0 Å². The van der Waals surface area contributed by atoms with Crippen LogP contribution in [0.1, 0.15) is 11.3 Å². The quantitative estimate of drug-likeness (QED) is 0.581. The van der Waals surface area contributed by atoms with E-state index >= 15 is 0 Å². The first-order chi connectivity index (χ1) is 13.7. The summed E-state index contributed by atoms with van der Waals surface area (Å²) in [5, 5.41) is 17.8. The molecule has 0 bridgehead atoms. The zero-order chi connectivity index (χ0) is 21.1. The lowest BCUT2D eigenvalue weighted by atomic mass is 10.1. The Hall–Kier alpha value is -1.69. The summed E-state index contributed by atoms with van der Waals surface area (Å²) in [4.78, 5) is 41.5. The molecule has 3 N–H and O–H groups in total. The molecule has 2 unspecified atom stereocenters. The van der Waals surface area contributed by atoms with Crippen molar-refractivity contribution in [3.63, 3.8) is 0 Å². The molecule has 1 aliphatic heterocycles. The number of hydrogen-bond acceptors (Lipinski definition) is 7. The molecule has 0 saturated carbocycles. The van der Waals surface area contributed by atoms with E-state index in [1.807, 2.05) is 0 Å². The highest BCUT2D eigenvalue weighted by molar-refractivity contribution is 8.27. The molecule has 158 valence electrons. The Bertz CT molecular complexity index is 955. The second-order valence-corrected chi connectivity index (χ2v) is 10.0. The van der Waals surface area contributed by atoms with Gasteiger partial charge in [-0.25, -0.2) is 21.5 Å². The number of aliphatic hydroxyl groups is 1. The Balaban J connectivity index is 1.51. The largest absolute Gasteiger partial charge is 0.382 e. The van der Waals surface area contributed by atoms with Gasteiger partial charge in [0.05, 0.1) is 15.7 Å². The van der Waals surface area contributed by atoms with Crippen LogP contribution in [0.2, 0.25) is 10.0 Å². The van der Waals surface area contributed by atoms with E-state index in [0.717, 1.165) is 5.56 Å². The number of rotatable bonds is 6. The lowest BCUT2D eigenvalue weighted by Crippen LogP contribution is -2.43. The van der Waals surface area contributed by atoms with Crippen molar-refractivity contribution in [3.8, 4) is 0 Å². The number of nitrogens with one attached hydrogen (secondary N) is 2. The molecule has 1 aliphatic rings. The van der Waals surface area contributed by atoms with Crippen LogP contribution in [0.4, 0.5) is 9.93 Å². The minimum atomic E-state index is -1.55. The molecule has 1 aromatic carbocycles. The number of thiazole rings is 1. The summed E-state index contributed by atoms with van der Waals surface area (Å²) in [7, 11) is 1.66. The van der Waals surface area contributed by atoms with Crippen LogP contribution in [-0.4, -0.2) is 50.4 Å². The Morgan fingerprint density at radius 1 is 1.31 bits per heavy atom. The van der Waals surface area contributed by atoms with Gasteiger partial charge in [0.1, 0.15) is 12.1 Å². The highest BCUT2D eigenvalue weighted by Crippen LogP contribution is 2.27. The van der Waals surface area contributed by atoms with Crippen LogP contribution < -0.4 is 10.6 Å². The van der Waals surface area contributed by atoms with Gasteiger partial charge >= 0.3 is 6.03 Å². The summed E-state index contributed by atoms with van der Waals surface area (Å²) in [5.41, 5.74) is 1.42. The molecule has 0 aliphatic carbocycles. The lowest BCUT2D eigenvalue weighted by Gasteiger charge is -2.23. The molecule has 2 amide bonds. The van der Waals surface area contributed by atoms with E-state index in [0.29, 0.717) is 20.9 Å². The van der Waals surface area contributed by atoms with Crippen molar-refractivity contribution in [2.75, 3.05) is 12.4 Å². The highest BCUT2D eigenvalue weighted by Gasteiger charge is 2.40. The van der Waals surface area contributed by atoms with Crippen LogP contribution in [0.5, 0.6) is 0 Å². The smallest absolute Gasteiger partial charge is 0.321 e. The maximum atomic E-state index is 12.1. The molecule has 1 saturated heterocycles. The number of benzene rings is 1. The summed E-state index contributed by atoms with van der Waals surface area (Å²) in [5.74, 6) is 0. The second-order valence-electron chi connectivity index (χ2n) is 6.61. The number of hydrogen-bond donors (Lipinski definition) is 3. The van der Waals surface area contributed by atoms with Crippen molar-refractivity contribution in [2.45, 2.75) is 25.2 Å². The summed E-state index contributed by atoms with van der Waals surface area (Å²) in [6.45, 7) is 0.543. The van der Waals surface area contributed by atoms with E-state index in [4.69, 9.17) is 23.2 Å². The second kappa shape index (κ2) is 9.41. The van der Waals surface area contributed by atoms with Crippen LogP contribution in [0.15, 0.2) is 23.6 Å². The van der Waals surface area contributed by atoms with Crippen molar-refractivity contribution >= 4 is 67.7 Å². The van der Waals surface area contributed by atoms with E-state index in [9.17, 15) is 19.5 Å². The van der Waals surface area contributed by atoms with Gasteiger partial charge in [-0.05, 0) is 24.7 Å². The molecule has 0 spiro atoms. The van der Waals surface area contributed by atoms with Gasteiger partial charge in [0.2, 0.25) is 0 Å². The normalized spacial score (nSPS) is 19.3. The summed E-state index contributed by atoms with van der Waals surface area (Å²) in [6.07, 6.45) is -1.25. The topological polar surface area (TPSA) is 112 Å². The Morgan fingerprint density at radius 3 is 2.72 bits per heavy atom. The maximum absolute atomic E-state index is 12.1. The number of halogens is 2. The molecule has 12 heteroatoms. The van der Waals surface area contributed by atoms with E-state index in [1.54, 1.807) is 35.5 Å². The SMILES string of the molecule is CN(Cc1csc(NC(=O)NCc2ccc(Cl)c(Cl)c2)n1)C1C(=O)[SH4]C(=O)C1O. The number of amides is 2. The third kappa shape index (κ3) is 5.47.